The maximum Gasteiger partial charge on any atom is 0.337 e. The van der Waals surface area contributed by atoms with Crippen molar-refractivity contribution in [2.75, 3.05) is 12.4 Å². The average Bonchev–Trinajstić information content (AvgIpc) is 3.04. The zero-order chi connectivity index (χ0) is 17.7. The van der Waals surface area contributed by atoms with Crippen LogP contribution in [-0.4, -0.2) is 25.1 Å². The Bertz CT molecular complexity index is 742. The minimum Gasteiger partial charge on any atom is -0.489 e. The molecule has 2 rings (SSSR count). The zero-order valence-electron chi connectivity index (χ0n) is 14.2. The number of hydrogen-bond donors (Lipinski definition) is 2. The maximum atomic E-state index is 12.3. The van der Waals surface area contributed by atoms with Gasteiger partial charge in [0.1, 0.15) is 17.8 Å². The zero-order valence-corrected chi connectivity index (χ0v) is 15.0. The van der Waals surface area contributed by atoms with Gasteiger partial charge in [-0.3, -0.25) is 4.79 Å². The summed E-state index contributed by atoms with van der Waals surface area (Å²) >= 11 is 0. The van der Waals surface area contributed by atoms with E-state index in [0.29, 0.717) is 28.3 Å². The first kappa shape index (κ1) is 20.5. The van der Waals surface area contributed by atoms with Crippen molar-refractivity contribution < 1.29 is 23.5 Å². The Balaban J connectivity index is 0.00000312. The predicted molar refractivity (Wildman–Crippen MR) is 95.3 cm³/mol. The van der Waals surface area contributed by atoms with Crippen molar-refractivity contribution in [1.29, 1.82) is 0 Å². The van der Waals surface area contributed by atoms with Gasteiger partial charge in [-0.2, -0.15) is 0 Å². The van der Waals surface area contributed by atoms with Gasteiger partial charge < -0.3 is 24.9 Å². The van der Waals surface area contributed by atoms with Crippen LogP contribution < -0.4 is 15.8 Å². The topological polar surface area (TPSA) is 104 Å². The fraction of sp³-hybridized carbons (Fsp3) is 0.294. The Morgan fingerprint density at radius 1 is 1.24 bits per heavy atom. The summed E-state index contributed by atoms with van der Waals surface area (Å²) in [6, 6.07) is 6.25. The van der Waals surface area contributed by atoms with Crippen LogP contribution in [0, 0.1) is 0 Å². The van der Waals surface area contributed by atoms with Gasteiger partial charge in [0.05, 0.1) is 36.6 Å². The molecule has 0 spiro atoms. The van der Waals surface area contributed by atoms with E-state index in [1.54, 1.807) is 18.2 Å². The highest BCUT2D eigenvalue weighted by Crippen LogP contribution is 2.28. The minimum absolute atomic E-state index is 0. The van der Waals surface area contributed by atoms with Crippen molar-refractivity contribution in [3.8, 4) is 5.75 Å². The van der Waals surface area contributed by atoms with Crippen molar-refractivity contribution in [1.82, 2.24) is 0 Å². The number of rotatable bonds is 6. The Labute approximate surface area is 151 Å². The number of nitrogens with one attached hydrogen (secondary N) is 1. The summed E-state index contributed by atoms with van der Waals surface area (Å²) in [6.07, 6.45) is 1.23. The van der Waals surface area contributed by atoms with Crippen LogP contribution in [0.25, 0.3) is 0 Å². The molecule has 136 valence electrons. The first-order chi connectivity index (χ1) is 11.4. The van der Waals surface area contributed by atoms with E-state index in [4.69, 9.17) is 19.6 Å². The van der Waals surface area contributed by atoms with E-state index in [1.807, 2.05) is 13.8 Å². The van der Waals surface area contributed by atoms with Gasteiger partial charge >= 0.3 is 5.97 Å². The number of carbonyl (C=O) groups is 2. The van der Waals surface area contributed by atoms with Crippen LogP contribution in [0.2, 0.25) is 0 Å². The van der Waals surface area contributed by atoms with E-state index in [2.05, 4.69) is 5.32 Å². The number of esters is 1. The van der Waals surface area contributed by atoms with Gasteiger partial charge in [-0.05, 0) is 38.1 Å². The minimum atomic E-state index is -0.504. The number of methoxy groups -OCH3 is 1. The van der Waals surface area contributed by atoms with Crippen LogP contribution in [0.4, 0.5) is 5.69 Å². The van der Waals surface area contributed by atoms with E-state index in [-0.39, 0.29) is 25.1 Å². The molecule has 1 aromatic carbocycles. The molecule has 0 saturated carbocycles. The second-order valence-electron chi connectivity index (χ2n) is 5.33. The third kappa shape index (κ3) is 5.23. The average molecular weight is 369 g/mol. The number of carbonyl (C=O) groups excluding carboxylic acids is 2. The highest BCUT2D eigenvalue weighted by molar-refractivity contribution is 6.05. The summed E-state index contributed by atoms with van der Waals surface area (Å²) in [5.41, 5.74) is 6.47. The third-order valence-corrected chi connectivity index (χ3v) is 3.13. The fourth-order valence-electron chi connectivity index (χ4n) is 2.03. The van der Waals surface area contributed by atoms with Crippen LogP contribution in [-0.2, 0) is 11.3 Å². The first-order valence-corrected chi connectivity index (χ1v) is 7.42. The number of ether oxygens (including phenoxy) is 2. The van der Waals surface area contributed by atoms with Gasteiger partial charge in [-0.15, -0.1) is 12.4 Å². The molecule has 0 unspecified atom stereocenters. The lowest BCUT2D eigenvalue weighted by atomic mass is 10.1. The van der Waals surface area contributed by atoms with Gasteiger partial charge in [0.2, 0.25) is 0 Å². The molecule has 1 heterocycles. The number of anilines is 1. The molecule has 0 aliphatic carbocycles. The largest absolute Gasteiger partial charge is 0.489 e. The Hall–Kier alpha value is -2.51. The van der Waals surface area contributed by atoms with Crippen LogP contribution in [0.5, 0.6) is 5.75 Å². The summed E-state index contributed by atoms with van der Waals surface area (Å²) in [7, 11) is 1.29. The third-order valence-electron chi connectivity index (χ3n) is 3.13. The van der Waals surface area contributed by atoms with Crippen molar-refractivity contribution in [3.63, 3.8) is 0 Å². The lowest BCUT2D eigenvalue weighted by Crippen LogP contribution is -2.15. The number of nitrogens with two attached hydrogens (primary N) is 1. The second kappa shape index (κ2) is 9.10. The monoisotopic (exact) mass is 368 g/mol. The molecule has 0 saturated heterocycles. The SMILES string of the molecule is COC(=O)c1ccc(OC(C)C)c(NC(=O)c2coc(CN)c2)c1.Cl. The van der Waals surface area contributed by atoms with E-state index in [1.165, 1.54) is 19.4 Å². The van der Waals surface area contributed by atoms with E-state index < -0.39 is 11.9 Å². The van der Waals surface area contributed by atoms with Crippen molar-refractivity contribution in [2.24, 2.45) is 5.73 Å². The van der Waals surface area contributed by atoms with E-state index in [9.17, 15) is 9.59 Å². The smallest absolute Gasteiger partial charge is 0.337 e. The van der Waals surface area contributed by atoms with Gasteiger partial charge in [0.25, 0.3) is 5.91 Å². The van der Waals surface area contributed by atoms with E-state index >= 15 is 0 Å². The Kier molecular flexibility index (Phi) is 7.47. The summed E-state index contributed by atoms with van der Waals surface area (Å²) in [5.74, 6) is 0.0556. The van der Waals surface area contributed by atoms with Gasteiger partial charge in [0.15, 0.2) is 0 Å². The highest BCUT2D eigenvalue weighted by atomic mass is 35.5. The first-order valence-electron chi connectivity index (χ1n) is 7.42. The lowest BCUT2D eigenvalue weighted by molar-refractivity contribution is 0.0600. The van der Waals surface area contributed by atoms with Crippen molar-refractivity contribution in [2.45, 2.75) is 26.5 Å². The molecule has 0 atom stereocenters. The molecule has 0 aliphatic rings. The quantitative estimate of drug-likeness (QED) is 0.759. The molecule has 25 heavy (non-hydrogen) atoms. The normalized spacial score (nSPS) is 10.1. The molecule has 1 amide bonds. The number of hydrogen-bond acceptors (Lipinski definition) is 6. The molecule has 1 aromatic heterocycles. The van der Waals surface area contributed by atoms with Crippen molar-refractivity contribution >= 4 is 30.0 Å². The molecule has 8 heteroatoms. The Morgan fingerprint density at radius 3 is 2.52 bits per heavy atom. The molecule has 0 aliphatic heterocycles. The van der Waals surface area contributed by atoms with Gasteiger partial charge in [0, 0.05) is 0 Å². The molecule has 2 aromatic rings. The highest BCUT2D eigenvalue weighted by Gasteiger charge is 2.16. The van der Waals surface area contributed by atoms with Crippen LogP contribution in [0.3, 0.4) is 0 Å². The number of furan rings is 1. The number of halogens is 1. The molecule has 7 nitrogen and oxygen atoms in total. The van der Waals surface area contributed by atoms with Crippen LogP contribution >= 0.6 is 12.4 Å². The standard InChI is InChI=1S/C17H20N2O5.ClH/c1-10(2)24-15-5-4-11(17(21)22-3)7-14(15)19-16(20)12-6-13(8-18)23-9-12;/h4-7,9-10H,8,18H2,1-3H3,(H,19,20);1H. The van der Waals surface area contributed by atoms with Crippen molar-refractivity contribution in [3.05, 3.63) is 47.4 Å². The summed E-state index contributed by atoms with van der Waals surface area (Å²) in [5, 5.41) is 2.72. The summed E-state index contributed by atoms with van der Waals surface area (Å²) < 4.78 is 15.5. The van der Waals surface area contributed by atoms with Crippen LogP contribution in [0.15, 0.2) is 34.9 Å². The Morgan fingerprint density at radius 2 is 1.96 bits per heavy atom. The van der Waals surface area contributed by atoms with Gasteiger partial charge in [-0.1, -0.05) is 0 Å². The van der Waals surface area contributed by atoms with E-state index in [0.717, 1.165) is 0 Å². The fourth-order valence-corrected chi connectivity index (χ4v) is 2.03. The lowest BCUT2D eigenvalue weighted by Gasteiger charge is -2.15. The summed E-state index contributed by atoms with van der Waals surface area (Å²) in [4.78, 5) is 24.0. The molecule has 3 N–H and O–H groups in total. The molecular weight excluding hydrogens is 348 g/mol. The molecule has 0 bridgehead atoms. The van der Waals surface area contributed by atoms with Crippen LogP contribution in [0.1, 0.15) is 40.3 Å². The molecular formula is C17H21ClN2O5. The maximum absolute atomic E-state index is 12.3. The van der Waals surface area contributed by atoms with Gasteiger partial charge in [-0.25, -0.2) is 4.79 Å². The molecule has 0 fully saturated rings. The molecule has 0 radical (unpaired) electrons. The second-order valence-corrected chi connectivity index (χ2v) is 5.33. The number of benzene rings is 1. The summed E-state index contributed by atoms with van der Waals surface area (Å²) in [6.45, 7) is 3.93. The predicted octanol–water partition coefficient (Wildman–Crippen LogP) is 2.99. The number of amides is 1.